The van der Waals surface area contributed by atoms with Gasteiger partial charge in [0.05, 0.1) is 19.2 Å². The van der Waals surface area contributed by atoms with Crippen LogP contribution in [0.1, 0.15) is 84.0 Å². The third-order valence-electron chi connectivity index (χ3n) is 10.5. The van der Waals surface area contributed by atoms with Crippen LogP contribution in [0.2, 0.25) is 0 Å². The zero-order valence-electron chi connectivity index (χ0n) is 26.8. The Morgan fingerprint density at radius 2 is 1.67 bits per heavy atom. The van der Waals surface area contributed by atoms with Gasteiger partial charge in [0.25, 0.3) is 5.91 Å². The van der Waals surface area contributed by atoms with Gasteiger partial charge in [0.1, 0.15) is 5.75 Å². The van der Waals surface area contributed by atoms with Crippen molar-refractivity contribution in [2.75, 3.05) is 52.9 Å². The van der Waals surface area contributed by atoms with Gasteiger partial charge >= 0.3 is 10.2 Å². The number of rotatable bonds is 7. The van der Waals surface area contributed by atoms with Crippen LogP contribution in [0.15, 0.2) is 36.4 Å². The van der Waals surface area contributed by atoms with E-state index < -0.39 is 16.1 Å². The molecule has 3 heterocycles. The first-order valence-corrected chi connectivity index (χ1v) is 17.7. The van der Waals surface area contributed by atoms with E-state index in [9.17, 15) is 18.0 Å². The van der Waals surface area contributed by atoms with E-state index in [1.807, 2.05) is 30.1 Å². The lowest BCUT2D eigenvalue weighted by Gasteiger charge is -2.37. The van der Waals surface area contributed by atoms with Gasteiger partial charge in [-0.05, 0) is 79.0 Å². The molecule has 0 bridgehead atoms. The molecule has 3 atom stereocenters. The van der Waals surface area contributed by atoms with Crippen LogP contribution >= 0.6 is 0 Å². The molecule has 1 saturated heterocycles. The molecule has 11 heteroatoms. The quantitative estimate of drug-likeness (QED) is 0.483. The topological polar surface area (TPSA) is 108 Å². The molecule has 244 valence electrons. The van der Waals surface area contributed by atoms with Crippen LogP contribution in [0.25, 0.3) is 0 Å². The summed E-state index contributed by atoms with van der Waals surface area (Å²) in [5.74, 6) is 0.927. The number of likely N-dealkylation sites (N-methyl/N-ethyl adjacent to an activating group) is 1. The standard InChI is InChI=1S/C34H46N4O6S/c1-36(2)45(41,42)35-33(39)24-10-12-29-30(20-24)38-21-26(37(3)34(40)23-14-16-44-17-15-23)18-25-19-27(43-4)11-13-28(25)32(38)31(29)22-8-6-5-7-9-22/h10-13,19-20,22-23,26,31-32H,5-9,14-18,21H2,1-4H3,(H,35,39). The molecule has 4 aliphatic rings. The first-order chi connectivity index (χ1) is 21.6. The molecular weight excluding hydrogens is 592 g/mol. The number of nitrogens with zero attached hydrogens (tertiary/aromatic N) is 3. The number of carbonyl (C=O) groups excluding carboxylic acids is 2. The molecule has 0 radical (unpaired) electrons. The van der Waals surface area contributed by atoms with Gasteiger partial charge in [-0.25, -0.2) is 4.72 Å². The number of hydrogen-bond donors (Lipinski definition) is 1. The summed E-state index contributed by atoms with van der Waals surface area (Å²) >= 11 is 0. The van der Waals surface area contributed by atoms with Crippen LogP contribution in [0.5, 0.6) is 5.75 Å². The number of fused-ring (bicyclic) bond motifs is 5. The maximum Gasteiger partial charge on any atom is 0.303 e. The number of anilines is 1. The first-order valence-electron chi connectivity index (χ1n) is 16.3. The van der Waals surface area contributed by atoms with Crippen molar-refractivity contribution in [2.24, 2.45) is 11.8 Å². The maximum atomic E-state index is 13.8. The Morgan fingerprint density at radius 1 is 0.956 bits per heavy atom. The fraction of sp³-hybridized carbons (Fsp3) is 0.588. The Kier molecular flexibility index (Phi) is 9.14. The van der Waals surface area contributed by atoms with Gasteiger partial charge in [0, 0.05) is 64.0 Å². The van der Waals surface area contributed by atoms with Crippen molar-refractivity contribution in [1.82, 2.24) is 13.9 Å². The highest BCUT2D eigenvalue weighted by molar-refractivity contribution is 7.87. The van der Waals surface area contributed by atoms with E-state index in [-0.39, 0.29) is 29.8 Å². The minimum atomic E-state index is -3.95. The number of nitrogens with one attached hydrogen (secondary N) is 1. The van der Waals surface area contributed by atoms with Crippen LogP contribution < -0.4 is 14.4 Å². The summed E-state index contributed by atoms with van der Waals surface area (Å²) < 4.78 is 39.4. The zero-order valence-corrected chi connectivity index (χ0v) is 27.6. The Labute approximate surface area is 267 Å². The average molecular weight is 639 g/mol. The van der Waals surface area contributed by atoms with Crippen molar-refractivity contribution < 1.29 is 27.5 Å². The SMILES string of the molecule is COc1ccc2c(c1)CC(N(C)C(=O)C1CCOCC1)CN1c3cc(C(=O)NS(=O)(=O)N(C)C)ccc3C(C3CCCCC3)C21. The van der Waals surface area contributed by atoms with E-state index in [4.69, 9.17) is 9.47 Å². The molecule has 2 fully saturated rings. The number of carbonyl (C=O) groups is 2. The highest BCUT2D eigenvalue weighted by Crippen LogP contribution is 2.57. The highest BCUT2D eigenvalue weighted by Gasteiger charge is 2.47. The second-order valence-corrected chi connectivity index (χ2v) is 15.2. The number of ether oxygens (including phenoxy) is 2. The smallest absolute Gasteiger partial charge is 0.303 e. The van der Waals surface area contributed by atoms with Gasteiger partial charge < -0.3 is 19.3 Å². The largest absolute Gasteiger partial charge is 0.497 e. The van der Waals surface area contributed by atoms with Crippen molar-refractivity contribution in [3.8, 4) is 5.75 Å². The van der Waals surface area contributed by atoms with Crippen LogP contribution in [0.4, 0.5) is 5.69 Å². The van der Waals surface area contributed by atoms with E-state index >= 15 is 0 Å². The molecule has 2 aromatic carbocycles. The van der Waals surface area contributed by atoms with Crippen molar-refractivity contribution in [3.05, 3.63) is 58.7 Å². The van der Waals surface area contributed by atoms with Gasteiger partial charge in [-0.1, -0.05) is 31.4 Å². The Balaban J connectivity index is 1.44. The lowest BCUT2D eigenvalue weighted by atomic mass is 9.72. The molecule has 1 saturated carbocycles. The summed E-state index contributed by atoms with van der Waals surface area (Å²) in [6.45, 7) is 1.81. The summed E-state index contributed by atoms with van der Waals surface area (Å²) in [5, 5.41) is 0. The Bertz CT molecular complexity index is 1530. The number of methoxy groups -OCH3 is 1. The first kappa shape index (κ1) is 31.8. The van der Waals surface area contributed by atoms with Crippen LogP contribution in [-0.2, 0) is 26.2 Å². The maximum absolute atomic E-state index is 13.8. The van der Waals surface area contributed by atoms with Gasteiger partial charge in [0.2, 0.25) is 5.91 Å². The minimum absolute atomic E-state index is 0.0319. The van der Waals surface area contributed by atoms with Crippen LogP contribution in [0.3, 0.4) is 0 Å². The van der Waals surface area contributed by atoms with Crippen LogP contribution in [0, 0.1) is 11.8 Å². The minimum Gasteiger partial charge on any atom is -0.497 e. The van der Waals surface area contributed by atoms with Gasteiger partial charge in [-0.15, -0.1) is 0 Å². The summed E-state index contributed by atoms with van der Waals surface area (Å²) in [6.07, 6.45) is 8.10. The number of benzene rings is 2. The third-order valence-corrected chi connectivity index (χ3v) is 11.9. The van der Waals surface area contributed by atoms with Gasteiger partial charge in [-0.2, -0.15) is 12.7 Å². The molecule has 3 aliphatic heterocycles. The normalized spacial score (nSPS) is 23.9. The lowest BCUT2D eigenvalue weighted by Crippen LogP contribution is -2.48. The molecule has 2 amide bonds. The van der Waals surface area contributed by atoms with Crippen molar-refractivity contribution in [3.63, 3.8) is 0 Å². The molecule has 3 unspecified atom stereocenters. The molecule has 1 aliphatic carbocycles. The predicted octanol–water partition coefficient (Wildman–Crippen LogP) is 4.27. The number of hydrogen-bond acceptors (Lipinski definition) is 7. The highest BCUT2D eigenvalue weighted by atomic mass is 32.2. The van der Waals surface area contributed by atoms with E-state index in [0.29, 0.717) is 37.7 Å². The molecule has 2 aromatic rings. The lowest BCUT2D eigenvalue weighted by molar-refractivity contribution is -0.139. The Hall–Kier alpha value is -3.15. The van der Waals surface area contributed by atoms with E-state index in [1.54, 1.807) is 13.2 Å². The van der Waals surface area contributed by atoms with E-state index in [1.165, 1.54) is 50.0 Å². The fourth-order valence-corrected chi connectivity index (χ4v) is 8.50. The zero-order chi connectivity index (χ0) is 31.9. The molecular formula is C34H46N4O6S. The third kappa shape index (κ3) is 6.18. The van der Waals surface area contributed by atoms with E-state index in [2.05, 4.69) is 21.8 Å². The summed E-state index contributed by atoms with van der Waals surface area (Å²) in [4.78, 5) is 31.5. The summed E-state index contributed by atoms with van der Waals surface area (Å²) in [6, 6.07) is 11.9. The predicted molar refractivity (Wildman–Crippen MR) is 173 cm³/mol. The second kappa shape index (κ2) is 12.9. The summed E-state index contributed by atoms with van der Waals surface area (Å²) in [7, 11) is 2.44. The van der Waals surface area contributed by atoms with Crippen LogP contribution in [-0.4, -0.2) is 83.5 Å². The fourth-order valence-electron chi connectivity index (χ4n) is 7.97. The Morgan fingerprint density at radius 3 is 2.36 bits per heavy atom. The molecule has 0 spiro atoms. The average Bonchev–Trinajstić information content (AvgIpc) is 3.26. The van der Waals surface area contributed by atoms with Gasteiger partial charge in [0.15, 0.2) is 0 Å². The van der Waals surface area contributed by atoms with E-state index in [0.717, 1.165) is 41.4 Å². The monoisotopic (exact) mass is 638 g/mol. The molecule has 0 aromatic heterocycles. The number of amides is 2. The molecule has 45 heavy (non-hydrogen) atoms. The summed E-state index contributed by atoms with van der Waals surface area (Å²) in [5.41, 5.74) is 4.86. The molecule has 10 nitrogen and oxygen atoms in total. The molecule has 6 rings (SSSR count). The van der Waals surface area contributed by atoms with Crippen molar-refractivity contribution in [2.45, 2.75) is 69.4 Å². The van der Waals surface area contributed by atoms with Crippen molar-refractivity contribution in [1.29, 1.82) is 0 Å². The second-order valence-electron chi connectivity index (χ2n) is 13.3. The van der Waals surface area contributed by atoms with Gasteiger partial charge in [-0.3, -0.25) is 9.59 Å². The molecule has 1 N–H and O–H groups in total. The van der Waals surface area contributed by atoms with Crippen molar-refractivity contribution >= 4 is 27.7 Å².